The van der Waals surface area contributed by atoms with Gasteiger partial charge in [-0.15, -0.1) is 0 Å². The van der Waals surface area contributed by atoms with Crippen molar-refractivity contribution in [1.82, 2.24) is 5.32 Å². The molecule has 3 aliphatic rings. The normalized spacial score (nSPS) is 35.6. The van der Waals surface area contributed by atoms with Gasteiger partial charge in [0.25, 0.3) is 0 Å². The van der Waals surface area contributed by atoms with Gasteiger partial charge in [-0.2, -0.15) is 0 Å². The monoisotopic (exact) mass is 409 g/mol. The van der Waals surface area contributed by atoms with Crippen molar-refractivity contribution in [1.29, 1.82) is 0 Å². The summed E-state index contributed by atoms with van der Waals surface area (Å²) < 4.78 is 24.9. The minimum absolute atomic E-state index is 0.0146. The van der Waals surface area contributed by atoms with Gasteiger partial charge in [0.2, 0.25) is 5.91 Å². The van der Waals surface area contributed by atoms with Gasteiger partial charge in [-0.25, -0.2) is 4.39 Å². The molecule has 1 aliphatic heterocycles. The van der Waals surface area contributed by atoms with E-state index < -0.39 is 5.82 Å². The van der Waals surface area contributed by atoms with Crippen LogP contribution in [0.5, 0.6) is 0 Å². The molecule has 154 valence electrons. The summed E-state index contributed by atoms with van der Waals surface area (Å²) in [6, 6.07) is 5.01. The molecule has 1 aromatic rings. The smallest absolute Gasteiger partial charge is 0.222 e. The highest BCUT2D eigenvalue weighted by Crippen LogP contribution is 2.70. The van der Waals surface area contributed by atoms with Crippen molar-refractivity contribution in [3.05, 3.63) is 34.6 Å². The Balaban J connectivity index is 1.63. The fourth-order valence-corrected chi connectivity index (χ4v) is 6.42. The number of carbonyl (C=O) groups excluding carboxylic acids is 1. The van der Waals surface area contributed by atoms with Crippen LogP contribution in [0.4, 0.5) is 4.39 Å². The molecule has 1 N–H and O–H groups in total. The molecule has 2 bridgehead atoms. The third kappa shape index (κ3) is 3.06. The number of fused-ring (bicyclic) bond motifs is 1. The zero-order chi connectivity index (χ0) is 20.1. The SMILES string of the molecule is COCCC(=O)N[C@H]1C(C)(C)[C@@H]2C[C@@H]3[C@@H](c4ccc(F)c(Cl)c4)OCCC31C2. The zero-order valence-corrected chi connectivity index (χ0v) is 17.5. The van der Waals surface area contributed by atoms with Gasteiger partial charge in [0.05, 0.1) is 17.7 Å². The first-order valence-electron chi connectivity index (χ1n) is 10.1. The molecule has 2 aliphatic carbocycles. The van der Waals surface area contributed by atoms with Crippen LogP contribution in [0.1, 0.15) is 51.2 Å². The molecular weight excluding hydrogens is 381 g/mol. The van der Waals surface area contributed by atoms with E-state index in [9.17, 15) is 9.18 Å². The summed E-state index contributed by atoms with van der Waals surface area (Å²) in [6.07, 6.45) is 3.39. The number of hydrogen-bond acceptors (Lipinski definition) is 3. The highest BCUT2D eigenvalue weighted by atomic mass is 35.5. The Morgan fingerprint density at radius 3 is 2.93 bits per heavy atom. The molecule has 1 amide bonds. The van der Waals surface area contributed by atoms with E-state index in [0.717, 1.165) is 24.8 Å². The number of benzene rings is 1. The van der Waals surface area contributed by atoms with E-state index >= 15 is 0 Å². The summed E-state index contributed by atoms with van der Waals surface area (Å²) in [4.78, 5) is 12.5. The molecule has 1 aromatic carbocycles. The lowest BCUT2D eigenvalue weighted by molar-refractivity contribution is -0.137. The largest absolute Gasteiger partial charge is 0.384 e. The van der Waals surface area contributed by atoms with Crippen molar-refractivity contribution in [3.63, 3.8) is 0 Å². The number of halogens is 2. The van der Waals surface area contributed by atoms with Crippen LogP contribution < -0.4 is 5.32 Å². The summed E-state index contributed by atoms with van der Waals surface area (Å²) in [5.74, 6) is 0.473. The second-order valence-corrected chi connectivity index (χ2v) is 9.66. The Bertz CT molecular complexity index is 770. The minimum atomic E-state index is -0.409. The van der Waals surface area contributed by atoms with Crippen molar-refractivity contribution in [2.75, 3.05) is 20.3 Å². The highest BCUT2D eigenvalue weighted by Gasteiger charge is 2.68. The predicted octanol–water partition coefficient (Wildman–Crippen LogP) is 4.51. The second-order valence-electron chi connectivity index (χ2n) is 9.26. The van der Waals surface area contributed by atoms with E-state index in [0.29, 0.717) is 31.5 Å². The van der Waals surface area contributed by atoms with Crippen LogP contribution in [-0.2, 0) is 14.3 Å². The molecule has 0 aromatic heterocycles. The fourth-order valence-electron chi connectivity index (χ4n) is 6.23. The Labute approximate surface area is 171 Å². The quantitative estimate of drug-likeness (QED) is 0.778. The van der Waals surface area contributed by atoms with E-state index in [4.69, 9.17) is 21.1 Å². The van der Waals surface area contributed by atoms with E-state index in [2.05, 4.69) is 19.2 Å². The molecule has 0 radical (unpaired) electrons. The molecule has 1 spiro atoms. The Morgan fingerprint density at radius 2 is 2.21 bits per heavy atom. The maximum atomic E-state index is 13.7. The van der Waals surface area contributed by atoms with Gasteiger partial charge in [-0.1, -0.05) is 31.5 Å². The molecule has 5 atom stereocenters. The summed E-state index contributed by atoms with van der Waals surface area (Å²) >= 11 is 6.05. The van der Waals surface area contributed by atoms with Gasteiger partial charge >= 0.3 is 0 Å². The number of nitrogens with one attached hydrogen (secondary N) is 1. The lowest BCUT2D eigenvalue weighted by atomic mass is 9.59. The van der Waals surface area contributed by atoms with Gasteiger partial charge in [0.1, 0.15) is 5.82 Å². The Morgan fingerprint density at radius 1 is 1.43 bits per heavy atom. The average Bonchev–Trinajstić information content (AvgIpc) is 3.15. The molecule has 4 nitrogen and oxygen atoms in total. The summed E-state index contributed by atoms with van der Waals surface area (Å²) in [5, 5.41) is 3.49. The number of rotatable bonds is 5. The van der Waals surface area contributed by atoms with Crippen LogP contribution >= 0.6 is 11.6 Å². The number of ether oxygens (including phenoxy) is 2. The van der Waals surface area contributed by atoms with Crippen molar-refractivity contribution >= 4 is 17.5 Å². The molecular formula is C22H29ClFNO3. The molecule has 28 heavy (non-hydrogen) atoms. The van der Waals surface area contributed by atoms with E-state index in [1.165, 1.54) is 6.07 Å². The third-order valence-corrected chi connectivity index (χ3v) is 7.91. The number of methoxy groups -OCH3 is 1. The van der Waals surface area contributed by atoms with Gasteiger partial charge in [0, 0.05) is 26.2 Å². The van der Waals surface area contributed by atoms with Crippen molar-refractivity contribution < 1.29 is 18.7 Å². The van der Waals surface area contributed by atoms with Crippen LogP contribution in [0.25, 0.3) is 0 Å². The maximum absolute atomic E-state index is 13.7. The molecule has 6 heteroatoms. The van der Waals surface area contributed by atoms with Crippen molar-refractivity contribution in [2.24, 2.45) is 22.7 Å². The summed E-state index contributed by atoms with van der Waals surface area (Å²) in [7, 11) is 1.61. The average molecular weight is 410 g/mol. The topological polar surface area (TPSA) is 47.6 Å². The molecule has 4 rings (SSSR count). The van der Waals surface area contributed by atoms with Gasteiger partial charge in [0.15, 0.2) is 0 Å². The third-order valence-electron chi connectivity index (χ3n) is 7.62. The summed E-state index contributed by atoms with van der Waals surface area (Å²) in [6.45, 7) is 5.63. The van der Waals surface area contributed by atoms with Crippen LogP contribution in [0.15, 0.2) is 18.2 Å². The lowest BCUT2D eigenvalue weighted by Crippen LogP contribution is -2.59. The zero-order valence-electron chi connectivity index (χ0n) is 16.8. The van der Waals surface area contributed by atoms with E-state index in [1.54, 1.807) is 19.2 Å². The Kier molecular flexibility index (Phi) is 5.22. The highest BCUT2D eigenvalue weighted by molar-refractivity contribution is 6.30. The second kappa shape index (κ2) is 7.26. The van der Waals surface area contributed by atoms with Gasteiger partial charge in [-0.05, 0) is 59.6 Å². The standard InChI is InChI=1S/C22H29ClFNO3/c1-21(2)14-11-15-19(13-4-5-17(24)16(23)10-13)28-9-7-22(15,12-14)20(21)25-18(26)6-8-27-3/h4-5,10,14-15,19-20H,6-9,11-12H2,1-3H3,(H,25,26)/t14-,15-,19-,20+,22?/m1/s1. The summed E-state index contributed by atoms with van der Waals surface area (Å²) in [5.41, 5.74) is 0.993. The number of hydrogen-bond donors (Lipinski definition) is 1. The minimum Gasteiger partial charge on any atom is -0.384 e. The molecule has 1 saturated heterocycles. The van der Waals surface area contributed by atoms with Crippen molar-refractivity contribution in [2.45, 2.75) is 51.7 Å². The van der Waals surface area contributed by atoms with Crippen LogP contribution in [-0.4, -0.2) is 32.3 Å². The van der Waals surface area contributed by atoms with Gasteiger partial charge < -0.3 is 14.8 Å². The van der Waals surface area contributed by atoms with Crippen molar-refractivity contribution in [3.8, 4) is 0 Å². The molecule has 3 fully saturated rings. The van der Waals surface area contributed by atoms with E-state index in [1.807, 2.05) is 0 Å². The molecule has 1 unspecified atom stereocenters. The number of amides is 1. The first-order valence-corrected chi connectivity index (χ1v) is 10.5. The lowest BCUT2D eigenvalue weighted by Gasteiger charge is -2.53. The first-order chi connectivity index (χ1) is 13.3. The number of carbonyl (C=O) groups is 1. The fraction of sp³-hybridized carbons (Fsp3) is 0.682. The predicted molar refractivity (Wildman–Crippen MR) is 106 cm³/mol. The van der Waals surface area contributed by atoms with Crippen LogP contribution in [0.2, 0.25) is 5.02 Å². The first kappa shape index (κ1) is 20.1. The molecule has 1 heterocycles. The van der Waals surface area contributed by atoms with Crippen LogP contribution in [0.3, 0.4) is 0 Å². The van der Waals surface area contributed by atoms with Crippen LogP contribution in [0, 0.1) is 28.5 Å². The van der Waals surface area contributed by atoms with Gasteiger partial charge in [-0.3, -0.25) is 4.79 Å². The molecule has 2 saturated carbocycles. The Hall–Kier alpha value is -1.17. The van der Waals surface area contributed by atoms with E-state index in [-0.39, 0.29) is 33.9 Å². The maximum Gasteiger partial charge on any atom is 0.222 e.